The van der Waals surface area contributed by atoms with E-state index in [9.17, 15) is 4.79 Å². The molecule has 0 spiro atoms. The minimum Gasteiger partial charge on any atom is -0.376 e. The van der Waals surface area contributed by atoms with Crippen LogP contribution in [0.2, 0.25) is 0 Å². The molecule has 4 nitrogen and oxygen atoms in total. The monoisotopic (exact) mass is 228 g/mol. The quantitative estimate of drug-likeness (QED) is 0.681. The topological polar surface area (TPSA) is 50.4 Å². The summed E-state index contributed by atoms with van der Waals surface area (Å²) in [5.41, 5.74) is -0.0758. The van der Waals surface area contributed by atoms with Crippen molar-refractivity contribution in [3.05, 3.63) is 0 Å². The van der Waals surface area contributed by atoms with Crippen LogP contribution in [0.5, 0.6) is 0 Å². The fourth-order valence-corrected chi connectivity index (χ4v) is 1.90. The summed E-state index contributed by atoms with van der Waals surface area (Å²) in [7, 11) is 1.73. The molecule has 0 aromatic heterocycles. The van der Waals surface area contributed by atoms with Crippen LogP contribution >= 0.6 is 0 Å². The van der Waals surface area contributed by atoms with Crippen LogP contribution in [0.25, 0.3) is 0 Å². The third-order valence-electron chi connectivity index (χ3n) is 3.43. The Morgan fingerprint density at radius 2 is 2.19 bits per heavy atom. The average Bonchev–Trinajstić information content (AvgIpc) is 2.24. The predicted octanol–water partition coefficient (Wildman–Crippen LogP) is 0.917. The summed E-state index contributed by atoms with van der Waals surface area (Å²) in [6.45, 7) is 6.28. The van der Waals surface area contributed by atoms with Crippen LogP contribution in [-0.2, 0) is 9.53 Å². The van der Waals surface area contributed by atoms with Crippen molar-refractivity contribution in [3.8, 4) is 0 Å². The Hall–Kier alpha value is -0.610. The lowest BCUT2D eigenvalue weighted by molar-refractivity contribution is -0.128. The highest BCUT2D eigenvalue weighted by molar-refractivity contribution is 5.78. The Balaban J connectivity index is 2.23. The van der Waals surface area contributed by atoms with E-state index < -0.39 is 0 Å². The second-order valence-electron chi connectivity index (χ2n) is 4.67. The zero-order valence-corrected chi connectivity index (χ0v) is 10.6. The number of hydrogen-bond acceptors (Lipinski definition) is 3. The summed E-state index contributed by atoms with van der Waals surface area (Å²) in [4.78, 5) is 11.7. The molecular weight excluding hydrogens is 204 g/mol. The van der Waals surface area contributed by atoms with E-state index in [1.807, 2.05) is 13.8 Å². The summed E-state index contributed by atoms with van der Waals surface area (Å²) in [6.07, 6.45) is 3.33. The van der Waals surface area contributed by atoms with Crippen molar-refractivity contribution in [2.24, 2.45) is 5.92 Å². The minimum absolute atomic E-state index is 0.0222. The molecule has 2 N–H and O–H groups in total. The van der Waals surface area contributed by atoms with E-state index in [1.54, 1.807) is 7.11 Å². The number of amides is 1. The van der Waals surface area contributed by atoms with Gasteiger partial charge in [-0.3, -0.25) is 4.79 Å². The second kappa shape index (κ2) is 6.21. The van der Waals surface area contributed by atoms with Gasteiger partial charge in [-0.05, 0) is 25.8 Å². The van der Waals surface area contributed by atoms with Gasteiger partial charge in [-0.15, -0.1) is 0 Å². The van der Waals surface area contributed by atoms with Crippen molar-refractivity contribution in [1.82, 2.24) is 10.6 Å². The first-order valence-electron chi connectivity index (χ1n) is 6.17. The summed E-state index contributed by atoms with van der Waals surface area (Å²) in [5, 5.41) is 6.16. The molecule has 1 amide bonds. The molecule has 94 valence electrons. The SMILES string of the molecule is CCNCC(C)C(=O)NCC1(OC)CCC1. The first-order chi connectivity index (χ1) is 7.63. The Morgan fingerprint density at radius 3 is 2.62 bits per heavy atom. The van der Waals surface area contributed by atoms with E-state index in [0.29, 0.717) is 6.54 Å². The lowest BCUT2D eigenvalue weighted by atomic mass is 9.80. The van der Waals surface area contributed by atoms with Gasteiger partial charge in [0.05, 0.1) is 5.60 Å². The molecule has 0 saturated heterocycles. The van der Waals surface area contributed by atoms with Gasteiger partial charge in [-0.1, -0.05) is 13.8 Å². The molecule has 0 bridgehead atoms. The summed E-state index contributed by atoms with van der Waals surface area (Å²) in [5.74, 6) is 0.137. The largest absolute Gasteiger partial charge is 0.376 e. The second-order valence-corrected chi connectivity index (χ2v) is 4.67. The molecule has 0 radical (unpaired) electrons. The highest BCUT2D eigenvalue weighted by Gasteiger charge is 2.37. The number of carbonyl (C=O) groups is 1. The maximum Gasteiger partial charge on any atom is 0.224 e. The third kappa shape index (κ3) is 3.46. The summed E-state index contributed by atoms with van der Waals surface area (Å²) >= 11 is 0. The maximum atomic E-state index is 11.7. The molecule has 1 fully saturated rings. The first-order valence-corrected chi connectivity index (χ1v) is 6.17. The molecular formula is C12H24N2O2. The molecule has 1 rings (SSSR count). The fraction of sp³-hybridized carbons (Fsp3) is 0.917. The normalized spacial score (nSPS) is 19.9. The van der Waals surface area contributed by atoms with Crippen LogP contribution in [0.15, 0.2) is 0 Å². The lowest BCUT2D eigenvalue weighted by Crippen LogP contribution is -2.50. The van der Waals surface area contributed by atoms with Crippen molar-refractivity contribution < 1.29 is 9.53 Å². The van der Waals surface area contributed by atoms with Crippen LogP contribution in [0, 0.1) is 5.92 Å². The molecule has 16 heavy (non-hydrogen) atoms. The van der Waals surface area contributed by atoms with Crippen molar-refractivity contribution >= 4 is 5.91 Å². The molecule has 1 aliphatic carbocycles. The van der Waals surface area contributed by atoms with Crippen LogP contribution in [-0.4, -0.2) is 38.3 Å². The van der Waals surface area contributed by atoms with Crippen molar-refractivity contribution in [1.29, 1.82) is 0 Å². The van der Waals surface area contributed by atoms with Crippen LogP contribution in [0.3, 0.4) is 0 Å². The zero-order valence-electron chi connectivity index (χ0n) is 10.6. The molecule has 0 aliphatic heterocycles. The number of rotatable bonds is 7. The van der Waals surface area contributed by atoms with Crippen molar-refractivity contribution in [2.75, 3.05) is 26.7 Å². The van der Waals surface area contributed by atoms with Crippen molar-refractivity contribution in [2.45, 2.75) is 38.7 Å². The Morgan fingerprint density at radius 1 is 1.50 bits per heavy atom. The van der Waals surface area contributed by atoms with E-state index in [-0.39, 0.29) is 17.4 Å². The van der Waals surface area contributed by atoms with Gasteiger partial charge in [0.15, 0.2) is 0 Å². The molecule has 1 saturated carbocycles. The number of nitrogens with one attached hydrogen (secondary N) is 2. The van der Waals surface area contributed by atoms with Gasteiger partial charge >= 0.3 is 0 Å². The summed E-state index contributed by atoms with van der Waals surface area (Å²) in [6, 6.07) is 0. The van der Waals surface area contributed by atoms with Gasteiger partial charge in [0.1, 0.15) is 0 Å². The minimum atomic E-state index is -0.0758. The number of hydrogen-bond donors (Lipinski definition) is 2. The standard InChI is InChI=1S/C12H24N2O2/c1-4-13-8-10(2)11(15)14-9-12(16-3)6-5-7-12/h10,13H,4-9H2,1-3H3,(H,14,15). The Labute approximate surface area is 98.1 Å². The zero-order chi connectivity index (χ0) is 12.0. The smallest absolute Gasteiger partial charge is 0.224 e. The van der Waals surface area contributed by atoms with Gasteiger partial charge in [-0.25, -0.2) is 0 Å². The van der Waals surface area contributed by atoms with E-state index in [4.69, 9.17) is 4.74 Å². The summed E-state index contributed by atoms with van der Waals surface area (Å²) < 4.78 is 5.45. The van der Waals surface area contributed by atoms with E-state index in [0.717, 1.165) is 25.9 Å². The maximum absolute atomic E-state index is 11.7. The van der Waals surface area contributed by atoms with E-state index >= 15 is 0 Å². The first kappa shape index (κ1) is 13.5. The highest BCUT2D eigenvalue weighted by atomic mass is 16.5. The number of carbonyl (C=O) groups excluding carboxylic acids is 1. The van der Waals surface area contributed by atoms with Crippen LogP contribution in [0.1, 0.15) is 33.1 Å². The van der Waals surface area contributed by atoms with Gasteiger partial charge in [0.2, 0.25) is 5.91 Å². The van der Waals surface area contributed by atoms with Gasteiger partial charge in [0.25, 0.3) is 0 Å². The molecule has 0 aromatic carbocycles. The van der Waals surface area contributed by atoms with Crippen LogP contribution < -0.4 is 10.6 Å². The Bertz CT molecular complexity index is 222. The van der Waals surface area contributed by atoms with Gasteiger partial charge < -0.3 is 15.4 Å². The number of methoxy groups -OCH3 is 1. The number of ether oxygens (including phenoxy) is 1. The van der Waals surface area contributed by atoms with Crippen molar-refractivity contribution in [3.63, 3.8) is 0 Å². The van der Waals surface area contributed by atoms with Gasteiger partial charge in [-0.2, -0.15) is 0 Å². The Kier molecular flexibility index (Phi) is 5.22. The third-order valence-corrected chi connectivity index (χ3v) is 3.43. The molecule has 1 aliphatic rings. The lowest BCUT2D eigenvalue weighted by Gasteiger charge is -2.40. The molecule has 4 heteroatoms. The molecule has 1 atom stereocenters. The molecule has 0 heterocycles. The van der Waals surface area contributed by atoms with Crippen LogP contribution in [0.4, 0.5) is 0 Å². The van der Waals surface area contributed by atoms with E-state index in [2.05, 4.69) is 10.6 Å². The molecule has 1 unspecified atom stereocenters. The molecule has 0 aromatic rings. The fourth-order valence-electron chi connectivity index (χ4n) is 1.90. The van der Waals surface area contributed by atoms with E-state index in [1.165, 1.54) is 6.42 Å². The predicted molar refractivity (Wildman–Crippen MR) is 64.3 cm³/mol. The van der Waals surface area contributed by atoms with Gasteiger partial charge in [0, 0.05) is 26.1 Å². The average molecular weight is 228 g/mol. The highest BCUT2D eigenvalue weighted by Crippen LogP contribution is 2.34.